The summed E-state index contributed by atoms with van der Waals surface area (Å²) in [6.45, 7) is 6.28. The molecule has 1 aromatic carbocycles. The van der Waals surface area contributed by atoms with E-state index in [-0.39, 0.29) is 6.16 Å². The molecule has 1 heterocycles. The van der Waals surface area contributed by atoms with Crippen molar-refractivity contribution in [3.05, 3.63) is 47.8 Å². The van der Waals surface area contributed by atoms with Gasteiger partial charge >= 0.3 is 7.60 Å². The molecule has 0 saturated carbocycles. The highest BCUT2D eigenvalue weighted by Crippen LogP contribution is 2.51. The molecular weight excluding hydrogens is 299 g/mol. The molecule has 22 heavy (non-hydrogen) atoms. The van der Waals surface area contributed by atoms with Crippen LogP contribution in [0, 0.1) is 6.92 Å². The van der Waals surface area contributed by atoms with Gasteiger partial charge < -0.3 is 9.05 Å². The van der Waals surface area contributed by atoms with Crippen molar-refractivity contribution < 1.29 is 13.6 Å². The quantitative estimate of drug-likeness (QED) is 0.715. The fourth-order valence-electron chi connectivity index (χ4n) is 2.09. The highest BCUT2D eigenvalue weighted by Gasteiger charge is 2.23. The van der Waals surface area contributed by atoms with E-state index in [9.17, 15) is 4.57 Å². The third-order valence-corrected chi connectivity index (χ3v) is 5.09. The van der Waals surface area contributed by atoms with Crippen LogP contribution in [-0.2, 0) is 19.8 Å². The third-order valence-electron chi connectivity index (χ3n) is 3.03. The lowest BCUT2D eigenvalue weighted by Crippen LogP contribution is -1.99. The second-order valence-electron chi connectivity index (χ2n) is 4.82. The molecule has 5 nitrogen and oxygen atoms in total. The topological polar surface area (TPSA) is 61.3 Å². The fraction of sp³-hybridized carbons (Fsp3) is 0.375. The molecule has 0 radical (unpaired) electrons. The zero-order valence-corrected chi connectivity index (χ0v) is 14.0. The van der Waals surface area contributed by atoms with Crippen molar-refractivity contribution in [3.63, 3.8) is 0 Å². The summed E-state index contributed by atoms with van der Waals surface area (Å²) in [7, 11) is -3.07. The standard InChI is InChI=1S/C16H21N2O3P/c1-4-20-22(19,21-5-2)12-14-6-8-15(9-7-14)16-17-11-10-13(3)18-16/h6-11H,4-5,12H2,1-3H3. The Kier molecular flexibility index (Phi) is 5.83. The van der Waals surface area contributed by atoms with Gasteiger partial charge in [-0.25, -0.2) is 9.97 Å². The fourth-order valence-corrected chi connectivity index (χ4v) is 3.79. The molecule has 0 aliphatic heterocycles. The number of rotatable bonds is 7. The summed E-state index contributed by atoms with van der Waals surface area (Å²) in [6, 6.07) is 9.52. The van der Waals surface area contributed by atoms with Crippen molar-refractivity contribution in [1.82, 2.24) is 9.97 Å². The van der Waals surface area contributed by atoms with Crippen molar-refractivity contribution in [1.29, 1.82) is 0 Å². The molecular formula is C16H21N2O3P. The van der Waals surface area contributed by atoms with E-state index < -0.39 is 7.60 Å². The Bertz CT molecular complexity index is 649. The molecule has 2 rings (SSSR count). The van der Waals surface area contributed by atoms with Crippen molar-refractivity contribution in [2.24, 2.45) is 0 Å². The monoisotopic (exact) mass is 320 g/mol. The van der Waals surface area contributed by atoms with E-state index in [4.69, 9.17) is 9.05 Å². The van der Waals surface area contributed by atoms with Crippen LogP contribution < -0.4 is 0 Å². The molecule has 118 valence electrons. The molecule has 0 unspecified atom stereocenters. The van der Waals surface area contributed by atoms with Crippen molar-refractivity contribution in [2.75, 3.05) is 13.2 Å². The molecule has 0 amide bonds. The maximum Gasteiger partial charge on any atom is 0.335 e. The van der Waals surface area contributed by atoms with Gasteiger partial charge in [0.15, 0.2) is 5.82 Å². The van der Waals surface area contributed by atoms with Gasteiger partial charge in [-0.1, -0.05) is 24.3 Å². The lowest BCUT2D eigenvalue weighted by Gasteiger charge is -2.17. The summed E-state index contributed by atoms with van der Waals surface area (Å²) in [5.41, 5.74) is 2.75. The average molecular weight is 320 g/mol. The Morgan fingerprint density at radius 2 is 1.68 bits per heavy atom. The van der Waals surface area contributed by atoms with Gasteiger partial charge in [0.25, 0.3) is 0 Å². The lowest BCUT2D eigenvalue weighted by molar-refractivity contribution is 0.219. The van der Waals surface area contributed by atoms with E-state index in [1.165, 1.54) is 0 Å². The molecule has 6 heteroatoms. The Balaban J connectivity index is 2.16. The summed E-state index contributed by atoms with van der Waals surface area (Å²) in [4.78, 5) is 8.65. The van der Waals surface area contributed by atoms with Crippen molar-refractivity contribution in [3.8, 4) is 11.4 Å². The van der Waals surface area contributed by atoms with E-state index in [1.807, 2.05) is 51.1 Å². The minimum Gasteiger partial charge on any atom is -0.309 e. The maximum absolute atomic E-state index is 12.5. The molecule has 0 atom stereocenters. The molecule has 0 bridgehead atoms. The van der Waals surface area contributed by atoms with Gasteiger partial charge in [0.1, 0.15) is 0 Å². The molecule has 2 aromatic rings. The average Bonchev–Trinajstić information content (AvgIpc) is 2.48. The minimum atomic E-state index is -3.07. The summed E-state index contributed by atoms with van der Waals surface area (Å²) in [5, 5.41) is 0. The van der Waals surface area contributed by atoms with Crippen LogP contribution in [0.2, 0.25) is 0 Å². The number of benzene rings is 1. The van der Waals surface area contributed by atoms with Crippen LogP contribution in [0.25, 0.3) is 11.4 Å². The predicted octanol–water partition coefficient (Wildman–Crippen LogP) is 4.22. The second-order valence-corrected chi connectivity index (χ2v) is 6.88. The van der Waals surface area contributed by atoms with Crippen LogP contribution in [0.3, 0.4) is 0 Å². The molecule has 0 spiro atoms. The van der Waals surface area contributed by atoms with Gasteiger partial charge in [0.05, 0.1) is 19.4 Å². The maximum atomic E-state index is 12.5. The third kappa shape index (κ3) is 4.47. The summed E-state index contributed by atoms with van der Waals surface area (Å²) >= 11 is 0. The zero-order chi connectivity index (χ0) is 16.0. The Hall–Kier alpha value is -1.55. The Labute approximate surface area is 131 Å². The van der Waals surface area contributed by atoms with E-state index in [1.54, 1.807) is 6.20 Å². The number of nitrogens with zero attached hydrogens (tertiary/aromatic N) is 2. The van der Waals surface area contributed by atoms with E-state index in [0.29, 0.717) is 19.0 Å². The summed E-state index contributed by atoms with van der Waals surface area (Å²) in [6.07, 6.45) is 2.01. The first-order valence-electron chi connectivity index (χ1n) is 7.33. The Morgan fingerprint density at radius 3 is 2.23 bits per heavy atom. The highest BCUT2D eigenvalue weighted by atomic mass is 31.2. The first-order valence-corrected chi connectivity index (χ1v) is 9.06. The predicted molar refractivity (Wildman–Crippen MR) is 86.8 cm³/mol. The van der Waals surface area contributed by atoms with Gasteiger partial charge in [0, 0.05) is 17.5 Å². The normalized spacial score (nSPS) is 11.6. The van der Waals surface area contributed by atoms with E-state index in [2.05, 4.69) is 9.97 Å². The summed E-state index contributed by atoms with van der Waals surface area (Å²) < 4.78 is 23.1. The molecule has 0 N–H and O–H groups in total. The molecule has 0 fully saturated rings. The second kappa shape index (κ2) is 7.63. The van der Waals surface area contributed by atoms with Gasteiger partial charge in [0.2, 0.25) is 0 Å². The van der Waals surface area contributed by atoms with Gasteiger partial charge in [-0.15, -0.1) is 0 Å². The molecule has 1 aromatic heterocycles. The van der Waals surface area contributed by atoms with Crippen LogP contribution in [0.1, 0.15) is 25.1 Å². The minimum absolute atomic E-state index is 0.267. The summed E-state index contributed by atoms with van der Waals surface area (Å²) in [5.74, 6) is 0.685. The van der Waals surface area contributed by atoms with E-state index >= 15 is 0 Å². The van der Waals surface area contributed by atoms with Crippen LogP contribution >= 0.6 is 7.60 Å². The van der Waals surface area contributed by atoms with Crippen LogP contribution in [0.5, 0.6) is 0 Å². The zero-order valence-electron chi connectivity index (χ0n) is 13.2. The van der Waals surface area contributed by atoms with Crippen LogP contribution in [0.4, 0.5) is 0 Å². The first kappa shape index (κ1) is 16.8. The lowest BCUT2D eigenvalue weighted by atomic mass is 10.1. The van der Waals surface area contributed by atoms with Crippen molar-refractivity contribution in [2.45, 2.75) is 26.9 Å². The van der Waals surface area contributed by atoms with Crippen molar-refractivity contribution >= 4 is 7.60 Å². The first-order chi connectivity index (χ1) is 10.6. The van der Waals surface area contributed by atoms with Gasteiger partial charge in [-0.3, -0.25) is 4.57 Å². The molecule has 0 aliphatic rings. The Morgan fingerprint density at radius 1 is 1.05 bits per heavy atom. The van der Waals surface area contributed by atoms with Gasteiger partial charge in [-0.05, 0) is 32.4 Å². The van der Waals surface area contributed by atoms with E-state index in [0.717, 1.165) is 16.8 Å². The number of hydrogen-bond donors (Lipinski definition) is 0. The SMILES string of the molecule is CCOP(=O)(Cc1ccc(-c2nccc(C)n2)cc1)OCC. The number of hydrogen-bond acceptors (Lipinski definition) is 5. The van der Waals surface area contributed by atoms with Crippen LogP contribution in [0.15, 0.2) is 36.5 Å². The van der Waals surface area contributed by atoms with Gasteiger partial charge in [-0.2, -0.15) is 0 Å². The van der Waals surface area contributed by atoms with Crippen LogP contribution in [-0.4, -0.2) is 23.2 Å². The number of aryl methyl sites for hydroxylation is 1. The highest BCUT2D eigenvalue weighted by molar-refractivity contribution is 7.53. The number of aromatic nitrogens is 2. The largest absolute Gasteiger partial charge is 0.335 e. The molecule has 0 aliphatic carbocycles. The smallest absolute Gasteiger partial charge is 0.309 e. The molecule has 0 saturated heterocycles.